The molecule has 0 radical (unpaired) electrons. The van der Waals surface area contributed by atoms with Gasteiger partial charge in [-0.2, -0.15) is 5.26 Å². The van der Waals surface area contributed by atoms with Crippen LogP contribution >= 0.6 is 11.6 Å². The van der Waals surface area contributed by atoms with Gasteiger partial charge in [-0.05, 0) is 24.3 Å². The molecule has 2 rings (SSSR count). The van der Waals surface area contributed by atoms with Gasteiger partial charge >= 0.3 is 5.97 Å². The van der Waals surface area contributed by atoms with E-state index in [9.17, 15) is 9.18 Å². The van der Waals surface area contributed by atoms with E-state index in [2.05, 4.69) is 0 Å². The molecule has 2 aromatic carbocycles. The number of halogens is 2. The molecule has 0 fully saturated rings. The molecule has 0 amide bonds. The number of benzene rings is 2. The summed E-state index contributed by atoms with van der Waals surface area (Å²) in [5.41, 5.74) is 6.11. The van der Waals surface area contributed by atoms with Gasteiger partial charge in [0.2, 0.25) is 0 Å². The van der Waals surface area contributed by atoms with E-state index in [0.29, 0.717) is 5.69 Å². The predicted molar refractivity (Wildman–Crippen MR) is 76.1 cm³/mol. The molecule has 0 aliphatic carbocycles. The Hall–Kier alpha value is -2.58. The Kier molecular flexibility index (Phi) is 4.41. The molecule has 0 spiro atoms. The van der Waals surface area contributed by atoms with Crippen LogP contribution in [0.15, 0.2) is 36.4 Å². The Morgan fingerprint density at radius 1 is 1.38 bits per heavy atom. The van der Waals surface area contributed by atoms with E-state index in [4.69, 9.17) is 27.3 Å². The number of carbonyl (C=O) groups excluding carboxylic acids is 1. The zero-order chi connectivity index (χ0) is 15.4. The van der Waals surface area contributed by atoms with Gasteiger partial charge in [-0.3, -0.25) is 0 Å². The Bertz CT molecular complexity index is 741. The molecule has 0 atom stereocenters. The first-order valence-corrected chi connectivity index (χ1v) is 6.30. The third-order valence-corrected chi connectivity index (χ3v) is 3.08. The monoisotopic (exact) mass is 304 g/mol. The number of anilines is 1. The highest BCUT2D eigenvalue weighted by Gasteiger charge is 2.14. The maximum absolute atomic E-state index is 13.8. The number of hydrogen-bond acceptors (Lipinski definition) is 4. The summed E-state index contributed by atoms with van der Waals surface area (Å²) in [5, 5.41) is 8.89. The van der Waals surface area contributed by atoms with Crippen molar-refractivity contribution in [3.63, 3.8) is 0 Å². The fourth-order valence-corrected chi connectivity index (χ4v) is 1.96. The van der Waals surface area contributed by atoms with Gasteiger partial charge < -0.3 is 10.5 Å². The van der Waals surface area contributed by atoms with Crippen molar-refractivity contribution in [1.82, 2.24) is 0 Å². The lowest BCUT2D eigenvalue weighted by molar-refractivity contribution is 0.0469. The molecule has 2 N–H and O–H groups in total. The van der Waals surface area contributed by atoms with E-state index >= 15 is 0 Å². The van der Waals surface area contributed by atoms with Gasteiger partial charge in [-0.15, -0.1) is 0 Å². The van der Waals surface area contributed by atoms with E-state index in [1.165, 1.54) is 36.4 Å². The summed E-state index contributed by atoms with van der Waals surface area (Å²) in [6.07, 6.45) is 0. The molecule has 4 nitrogen and oxygen atoms in total. The highest BCUT2D eigenvalue weighted by molar-refractivity contribution is 6.33. The predicted octanol–water partition coefficient (Wildman–Crippen LogP) is 3.29. The highest BCUT2D eigenvalue weighted by atomic mass is 35.5. The number of nitrogen functional groups attached to an aromatic ring is 1. The van der Waals surface area contributed by atoms with Crippen LogP contribution in [0.1, 0.15) is 21.5 Å². The molecule has 0 aliphatic heterocycles. The van der Waals surface area contributed by atoms with Gasteiger partial charge in [-0.1, -0.05) is 23.7 Å². The number of carbonyl (C=O) groups is 1. The topological polar surface area (TPSA) is 76.1 Å². The van der Waals surface area contributed by atoms with Gasteiger partial charge in [-0.25, -0.2) is 9.18 Å². The zero-order valence-electron chi connectivity index (χ0n) is 10.8. The van der Waals surface area contributed by atoms with Crippen molar-refractivity contribution in [2.24, 2.45) is 0 Å². The van der Waals surface area contributed by atoms with Crippen LogP contribution in [0.25, 0.3) is 0 Å². The molecule has 0 bridgehead atoms. The molecule has 0 saturated heterocycles. The van der Waals surface area contributed by atoms with Crippen LogP contribution in [0, 0.1) is 17.1 Å². The van der Waals surface area contributed by atoms with Crippen molar-refractivity contribution in [3.8, 4) is 6.07 Å². The normalized spacial score (nSPS) is 9.95. The lowest BCUT2D eigenvalue weighted by Crippen LogP contribution is -2.07. The summed E-state index contributed by atoms with van der Waals surface area (Å²) in [7, 11) is 0. The number of ether oxygens (including phenoxy) is 1. The van der Waals surface area contributed by atoms with Gasteiger partial charge in [0.15, 0.2) is 0 Å². The van der Waals surface area contributed by atoms with Crippen LogP contribution in [0.2, 0.25) is 5.02 Å². The Morgan fingerprint density at radius 2 is 2.14 bits per heavy atom. The summed E-state index contributed by atoms with van der Waals surface area (Å²) < 4.78 is 18.8. The van der Waals surface area contributed by atoms with Crippen molar-refractivity contribution in [2.75, 3.05) is 5.73 Å². The fourth-order valence-electron chi connectivity index (χ4n) is 1.70. The van der Waals surface area contributed by atoms with E-state index in [0.717, 1.165) is 0 Å². The van der Waals surface area contributed by atoms with Crippen LogP contribution in [-0.4, -0.2) is 5.97 Å². The van der Waals surface area contributed by atoms with E-state index < -0.39 is 11.8 Å². The third kappa shape index (κ3) is 3.30. The number of hydrogen-bond donors (Lipinski definition) is 1. The van der Waals surface area contributed by atoms with Crippen LogP contribution in [0.4, 0.5) is 10.1 Å². The SMILES string of the molecule is N#Cc1cccc(COC(=O)c2ccc(N)cc2Cl)c1F. The molecule has 0 saturated carbocycles. The average Bonchev–Trinajstić information content (AvgIpc) is 2.46. The summed E-state index contributed by atoms with van der Waals surface area (Å²) in [5.74, 6) is -1.39. The first-order valence-electron chi connectivity index (χ1n) is 5.92. The van der Waals surface area contributed by atoms with E-state index in [1.54, 1.807) is 6.07 Å². The molecule has 0 unspecified atom stereocenters. The van der Waals surface area contributed by atoms with Gasteiger partial charge in [0, 0.05) is 11.3 Å². The quantitative estimate of drug-likeness (QED) is 0.697. The summed E-state index contributed by atoms with van der Waals surface area (Å²) in [6.45, 7) is -0.291. The summed E-state index contributed by atoms with van der Waals surface area (Å²) >= 11 is 5.89. The van der Waals surface area contributed by atoms with Crippen molar-refractivity contribution in [3.05, 3.63) is 63.9 Å². The first kappa shape index (κ1) is 14.8. The lowest BCUT2D eigenvalue weighted by Gasteiger charge is -2.08. The minimum atomic E-state index is -0.698. The Labute approximate surface area is 125 Å². The smallest absolute Gasteiger partial charge is 0.339 e. The number of rotatable bonds is 3. The number of nitriles is 1. The van der Waals surface area contributed by atoms with Crippen molar-refractivity contribution >= 4 is 23.3 Å². The second-order valence-electron chi connectivity index (χ2n) is 4.21. The van der Waals surface area contributed by atoms with Crippen LogP contribution in [0.5, 0.6) is 0 Å². The number of esters is 1. The summed E-state index contributed by atoms with van der Waals surface area (Å²) in [6, 6.07) is 10.4. The van der Waals surface area contributed by atoms with Crippen molar-refractivity contribution in [1.29, 1.82) is 5.26 Å². The van der Waals surface area contributed by atoms with E-state index in [-0.39, 0.29) is 28.3 Å². The van der Waals surface area contributed by atoms with Crippen LogP contribution < -0.4 is 5.73 Å². The maximum Gasteiger partial charge on any atom is 0.339 e. The van der Waals surface area contributed by atoms with Gasteiger partial charge in [0.1, 0.15) is 18.5 Å². The van der Waals surface area contributed by atoms with Crippen molar-refractivity contribution < 1.29 is 13.9 Å². The number of nitrogens with two attached hydrogens (primary N) is 1. The second-order valence-corrected chi connectivity index (χ2v) is 4.61. The minimum absolute atomic E-state index is 0.103. The first-order chi connectivity index (χ1) is 10.0. The summed E-state index contributed by atoms with van der Waals surface area (Å²) in [4.78, 5) is 11.9. The maximum atomic E-state index is 13.8. The van der Waals surface area contributed by atoms with Crippen LogP contribution in [0.3, 0.4) is 0 Å². The minimum Gasteiger partial charge on any atom is -0.457 e. The Morgan fingerprint density at radius 3 is 2.81 bits per heavy atom. The van der Waals surface area contributed by atoms with Crippen molar-refractivity contribution in [2.45, 2.75) is 6.61 Å². The molecule has 0 aromatic heterocycles. The molecular weight excluding hydrogens is 295 g/mol. The van der Waals surface area contributed by atoms with Gasteiger partial charge in [0.25, 0.3) is 0 Å². The fraction of sp³-hybridized carbons (Fsp3) is 0.0667. The van der Waals surface area contributed by atoms with Gasteiger partial charge in [0.05, 0.1) is 16.1 Å². The van der Waals surface area contributed by atoms with E-state index in [1.807, 2.05) is 0 Å². The van der Waals surface area contributed by atoms with Crippen LogP contribution in [-0.2, 0) is 11.3 Å². The largest absolute Gasteiger partial charge is 0.457 e. The molecule has 6 heteroatoms. The number of nitrogens with zero attached hydrogens (tertiary/aromatic N) is 1. The molecule has 106 valence electrons. The molecular formula is C15H10ClFN2O2. The molecule has 0 aliphatic rings. The lowest BCUT2D eigenvalue weighted by atomic mass is 10.1. The molecule has 21 heavy (non-hydrogen) atoms. The molecule has 0 heterocycles. The Balaban J connectivity index is 2.13. The third-order valence-electron chi connectivity index (χ3n) is 2.77. The second kappa shape index (κ2) is 6.25. The standard InChI is InChI=1S/C15H10ClFN2O2/c16-13-6-11(19)4-5-12(13)15(20)21-8-10-3-1-2-9(7-18)14(10)17/h1-6H,8,19H2. The average molecular weight is 305 g/mol. The zero-order valence-corrected chi connectivity index (χ0v) is 11.5. The highest BCUT2D eigenvalue weighted by Crippen LogP contribution is 2.21. The molecule has 2 aromatic rings.